The molecule has 0 bridgehead atoms. The van der Waals surface area contributed by atoms with Crippen LogP contribution in [-0.4, -0.2) is 15.2 Å². The maximum Gasteiger partial charge on any atom is 0.249 e. The minimum Gasteiger partial charge on any atom is -0.437 e. The molecule has 0 spiro atoms. The number of ether oxygens (including phenoxy) is 1. The molecule has 0 unspecified atom stereocenters. The van der Waals surface area contributed by atoms with E-state index in [2.05, 4.69) is 10.2 Å². The average Bonchev–Trinajstić information content (AvgIpc) is 2.33. The fraction of sp³-hybridized carbons (Fsp3) is 0.154. The summed E-state index contributed by atoms with van der Waals surface area (Å²) in [6.07, 6.45) is 1.53. The molecule has 0 radical (unpaired) electrons. The maximum atomic E-state index is 5.72. The van der Waals surface area contributed by atoms with Crippen LogP contribution in [0.4, 0.5) is 0 Å². The van der Waals surface area contributed by atoms with Gasteiger partial charge in [-0.2, -0.15) is 5.10 Å². The van der Waals surface area contributed by atoms with Crippen LogP contribution in [0.25, 0.3) is 0 Å². The van der Waals surface area contributed by atoms with Crippen molar-refractivity contribution in [3.05, 3.63) is 47.2 Å². The molecule has 0 aliphatic heterocycles. The van der Waals surface area contributed by atoms with Crippen LogP contribution < -0.4 is 10.5 Å². The highest BCUT2D eigenvalue weighted by Gasteiger charge is 2.10. The largest absolute Gasteiger partial charge is 0.437 e. The molecule has 4 nitrogen and oxygen atoms in total. The lowest BCUT2D eigenvalue weighted by molar-refractivity contribution is 0.451. The van der Waals surface area contributed by atoms with Crippen LogP contribution in [0.2, 0.25) is 0 Å². The highest BCUT2D eigenvalue weighted by atomic mass is 32.1. The van der Waals surface area contributed by atoms with Crippen LogP contribution in [0.15, 0.2) is 30.5 Å². The average molecular weight is 259 g/mol. The Labute approximate surface area is 111 Å². The number of thiocarbonyl (C=S) groups is 1. The van der Waals surface area contributed by atoms with Crippen molar-refractivity contribution in [3.8, 4) is 11.6 Å². The maximum absolute atomic E-state index is 5.72. The first-order chi connectivity index (χ1) is 8.58. The summed E-state index contributed by atoms with van der Waals surface area (Å²) < 4.78 is 5.72. The Balaban J connectivity index is 2.37. The second-order valence-corrected chi connectivity index (χ2v) is 4.43. The third-order valence-electron chi connectivity index (χ3n) is 2.49. The van der Waals surface area contributed by atoms with Gasteiger partial charge in [0, 0.05) is 0 Å². The lowest BCUT2D eigenvalue weighted by atomic mass is 10.1. The lowest BCUT2D eigenvalue weighted by Crippen LogP contribution is -2.12. The van der Waals surface area contributed by atoms with Crippen LogP contribution in [0.3, 0.4) is 0 Å². The molecule has 92 valence electrons. The van der Waals surface area contributed by atoms with Crippen molar-refractivity contribution in [1.29, 1.82) is 0 Å². The third-order valence-corrected chi connectivity index (χ3v) is 2.71. The molecule has 0 amide bonds. The SMILES string of the molecule is Cc1ccc(Oc2nnccc2C(N)=S)c(C)c1. The highest BCUT2D eigenvalue weighted by Crippen LogP contribution is 2.26. The molecule has 18 heavy (non-hydrogen) atoms. The molecule has 0 saturated heterocycles. The summed E-state index contributed by atoms with van der Waals surface area (Å²) >= 11 is 4.95. The standard InChI is InChI=1S/C13H13N3OS/c1-8-3-4-11(9(2)7-8)17-13-10(12(14)18)5-6-15-16-13/h3-7H,1-2H3,(H2,14,18). The van der Waals surface area contributed by atoms with Crippen molar-refractivity contribution in [2.45, 2.75) is 13.8 Å². The van der Waals surface area contributed by atoms with E-state index in [0.717, 1.165) is 11.3 Å². The van der Waals surface area contributed by atoms with E-state index in [9.17, 15) is 0 Å². The number of hydrogen-bond donors (Lipinski definition) is 1. The molecule has 0 aliphatic rings. The molecule has 2 rings (SSSR count). The number of benzene rings is 1. The fourth-order valence-corrected chi connectivity index (χ4v) is 1.76. The number of nitrogens with zero attached hydrogens (tertiary/aromatic N) is 2. The number of aromatic nitrogens is 2. The summed E-state index contributed by atoms with van der Waals surface area (Å²) in [4.78, 5) is 0.240. The zero-order valence-corrected chi connectivity index (χ0v) is 11.0. The van der Waals surface area contributed by atoms with Crippen molar-refractivity contribution in [2.75, 3.05) is 0 Å². The normalized spacial score (nSPS) is 10.1. The van der Waals surface area contributed by atoms with E-state index < -0.39 is 0 Å². The molecule has 0 fully saturated rings. The Bertz CT molecular complexity index is 599. The minimum atomic E-state index is 0.240. The van der Waals surface area contributed by atoms with Crippen LogP contribution in [-0.2, 0) is 0 Å². The Hall–Kier alpha value is -2.01. The van der Waals surface area contributed by atoms with E-state index in [1.54, 1.807) is 6.07 Å². The highest BCUT2D eigenvalue weighted by molar-refractivity contribution is 7.80. The Kier molecular flexibility index (Phi) is 3.53. The van der Waals surface area contributed by atoms with Gasteiger partial charge in [0.15, 0.2) is 0 Å². The first-order valence-electron chi connectivity index (χ1n) is 5.44. The van der Waals surface area contributed by atoms with Gasteiger partial charge >= 0.3 is 0 Å². The van der Waals surface area contributed by atoms with Gasteiger partial charge in [-0.15, -0.1) is 5.10 Å². The molecule has 1 aromatic carbocycles. The molecule has 0 aliphatic carbocycles. The predicted octanol–water partition coefficient (Wildman–Crippen LogP) is 2.52. The number of rotatable bonds is 3. The summed E-state index contributed by atoms with van der Waals surface area (Å²) in [7, 11) is 0. The number of hydrogen-bond acceptors (Lipinski definition) is 4. The van der Waals surface area contributed by atoms with Gasteiger partial charge in [0.2, 0.25) is 5.88 Å². The van der Waals surface area contributed by atoms with Crippen LogP contribution in [0.1, 0.15) is 16.7 Å². The van der Waals surface area contributed by atoms with Gasteiger partial charge in [0.05, 0.1) is 11.8 Å². The van der Waals surface area contributed by atoms with Gasteiger partial charge in [-0.05, 0) is 31.5 Å². The topological polar surface area (TPSA) is 61.0 Å². The fourth-order valence-electron chi connectivity index (χ4n) is 1.60. The van der Waals surface area contributed by atoms with Gasteiger partial charge in [-0.3, -0.25) is 0 Å². The first-order valence-corrected chi connectivity index (χ1v) is 5.85. The van der Waals surface area contributed by atoms with E-state index in [0.29, 0.717) is 11.4 Å². The summed E-state index contributed by atoms with van der Waals surface area (Å²) in [5, 5.41) is 7.70. The van der Waals surface area contributed by atoms with E-state index >= 15 is 0 Å². The molecule has 1 heterocycles. The quantitative estimate of drug-likeness (QED) is 0.858. The van der Waals surface area contributed by atoms with E-state index in [4.69, 9.17) is 22.7 Å². The van der Waals surface area contributed by atoms with Crippen molar-refractivity contribution in [3.63, 3.8) is 0 Å². The van der Waals surface area contributed by atoms with E-state index in [1.807, 2.05) is 32.0 Å². The molecule has 0 atom stereocenters. The summed E-state index contributed by atoms with van der Waals surface area (Å²) in [6.45, 7) is 4.00. The van der Waals surface area contributed by atoms with Crippen molar-refractivity contribution >= 4 is 17.2 Å². The Morgan fingerprint density at radius 2 is 2.06 bits per heavy atom. The first kappa shape index (κ1) is 12.4. The van der Waals surface area contributed by atoms with Crippen molar-refractivity contribution < 1.29 is 4.74 Å². The zero-order chi connectivity index (χ0) is 13.1. The molecule has 2 N–H and O–H groups in total. The van der Waals surface area contributed by atoms with Gasteiger partial charge in [0.25, 0.3) is 0 Å². The summed E-state index contributed by atoms with van der Waals surface area (Å²) in [5.74, 6) is 1.05. The second-order valence-electron chi connectivity index (χ2n) is 3.99. The summed E-state index contributed by atoms with van der Waals surface area (Å²) in [6, 6.07) is 7.59. The van der Waals surface area contributed by atoms with E-state index in [-0.39, 0.29) is 4.99 Å². The van der Waals surface area contributed by atoms with Crippen molar-refractivity contribution in [2.24, 2.45) is 5.73 Å². The Morgan fingerprint density at radius 1 is 1.28 bits per heavy atom. The molecule has 1 aromatic heterocycles. The van der Waals surface area contributed by atoms with Gasteiger partial charge in [0.1, 0.15) is 10.7 Å². The second kappa shape index (κ2) is 5.10. The van der Waals surface area contributed by atoms with Crippen LogP contribution in [0, 0.1) is 13.8 Å². The van der Waals surface area contributed by atoms with Crippen molar-refractivity contribution in [1.82, 2.24) is 10.2 Å². The van der Waals surface area contributed by atoms with Gasteiger partial charge in [-0.25, -0.2) is 0 Å². The number of nitrogens with two attached hydrogens (primary N) is 1. The van der Waals surface area contributed by atoms with Crippen LogP contribution >= 0.6 is 12.2 Å². The minimum absolute atomic E-state index is 0.240. The molecule has 0 saturated carbocycles. The molecular formula is C13H13N3OS. The molecule has 2 aromatic rings. The lowest BCUT2D eigenvalue weighted by Gasteiger charge is -2.10. The number of aryl methyl sites for hydroxylation is 2. The van der Waals surface area contributed by atoms with Gasteiger partial charge < -0.3 is 10.5 Å². The predicted molar refractivity (Wildman–Crippen MR) is 73.9 cm³/mol. The summed E-state index contributed by atoms with van der Waals surface area (Å²) in [5.41, 5.74) is 8.39. The van der Waals surface area contributed by atoms with Gasteiger partial charge in [-0.1, -0.05) is 29.9 Å². The molecule has 5 heteroatoms. The van der Waals surface area contributed by atoms with E-state index in [1.165, 1.54) is 11.8 Å². The Morgan fingerprint density at radius 3 is 2.72 bits per heavy atom. The smallest absolute Gasteiger partial charge is 0.249 e. The monoisotopic (exact) mass is 259 g/mol. The molecular weight excluding hydrogens is 246 g/mol. The zero-order valence-electron chi connectivity index (χ0n) is 10.2. The van der Waals surface area contributed by atoms with Crippen LogP contribution in [0.5, 0.6) is 11.6 Å². The third kappa shape index (κ3) is 2.62.